The fourth-order valence-corrected chi connectivity index (χ4v) is 7.86. The van der Waals surface area contributed by atoms with Crippen molar-refractivity contribution >= 4 is 38.2 Å². The number of aliphatic hydroxyl groups is 1. The number of carbonyl (C=O) groups is 1. The molecule has 0 amide bonds. The maximum atomic E-state index is 15.7. The number of hydrogen-bond acceptors (Lipinski definition) is 4. The molecule has 5 aromatic rings. The molecule has 12 heteroatoms. The maximum absolute atomic E-state index is 15.7. The summed E-state index contributed by atoms with van der Waals surface area (Å²) >= 11 is 0. The minimum atomic E-state index is -6.31. The van der Waals surface area contributed by atoms with Gasteiger partial charge in [0.1, 0.15) is 6.33 Å². The fraction of sp³-hybridized carbons (Fsp3) is 0.432. The van der Waals surface area contributed by atoms with Crippen molar-refractivity contribution in [2.24, 2.45) is 35.5 Å². The van der Waals surface area contributed by atoms with Gasteiger partial charge in [-0.05, 0) is 68.4 Å². The van der Waals surface area contributed by atoms with Crippen molar-refractivity contribution in [2.75, 3.05) is 0 Å². The van der Waals surface area contributed by atoms with Gasteiger partial charge in [0.15, 0.2) is 5.78 Å². The van der Waals surface area contributed by atoms with Crippen LogP contribution in [-0.2, 0) is 30.6 Å². The zero-order valence-corrected chi connectivity index (χ0v) is 35.4. The summed E-state index contributed by atoms with van der Waals surface area (Å²) in [5.41, 5.74) is -6.19. The number of benzene rings is 4. The van der Waals surface area contributed by atoms with Crippen LogP contribution in [0.5, 0.6) is 0 Å². The number of fused-ring (bicyclic) bond motifs is 3. The second-order valence-corrected chi connectivity index (χ2v) is 15.7. The zero-order chi connectivity index (χ0) is 41.4. The monoisotopic (exact) mass is 962 g/mol. The molecule has 4 aromatic carbocycles. The van der Waals surface area contributed by atoms with Crippen LogP contribution in [0.15, 0.2) is 72.8 Å². The van der Waals surface area contributed by atoms with Gasteiger partial charge in [-0.15, -0.1) is 34.9 Å². The molecule has 4 nitrogen and oxygen atoms in total. The van der Waals surface area contributed by atoms with Crippen LogP contribution in [0, 0.1) is 55.4 Å². The van der Waals surface area contributed by atoms with Crippen LogP contribution >= 0.6 is 0 Å². The van der Waals surface area contributed by atoms with E-state index in [9.17, 15) is 36.2 Å². The molecule has 0 unspecified atom stereocenters. The largest absolute Gasteiger partial charge is 0.512 e. The molecule has 1 radical (unpaired) electrons. The molecule has 0 atom stereocenters. The molecule has 1 heterocycles. The number of ketones is 1. The molecule has 0 saturated carbocycles. The van der Waals surface area contributed by atoms with E-state index in [1.54, 1.807) is 44.2 Å². The van der Waals surface area contributed by atoms with Gasteiger partial charge in [0.05, 0.1) is 11.3 Å². The van der Waals surface area contributed by atoms with Crippen LogP contribution in [0.1, 0.15) is 72.1 Å². The third-order valence-corrected chi connectivity index (χ3v) is 9.97. The van der Waals surface area contributed by atoms with Crippen molar-refractivity contribution in [2.45, 2.75) is 87.3 Å². The topological polar surface area (TPSA) is 63.1 Å². The minimum Gasteiger partial charge on any atom is -0.512 e. The van der Waals surface area contributed by atoms with Crippen LogP contribution in [0.2, 0.25) is 0 Å². The Morgan fingerprint density at radius 3 is 1.68 bits per heavy atom. The Labute approximate surface area is 337 Å². The van der Waals surface area contributed by atoms with Gasteiger partial charge in [-0.1, -0.05) is 99.6 Å². The number of alkyl halides is 7. The quantitative estimate of drug-likeness (QED) is 0.0526. The summed E-state index contributed by atoms with van der Waals surface area (Å²) in [6.45, 7) is 20.1. The van der Waals surface area contributed by atoms with Crippen molar-refractivity contribution in [3.8, 4) is 11.3 Å². The molecular weight excluding hydrogens is 914 g/mol. The average Bonchev–Trinajstić information content (AvgIpc) is 3.03. The van der Waals surface area contributed by atoms with Crippen molar-refractivity contribution in [1.82, 2.24) is 9.97 Å². The van der Waals surface area contributed by atoms with Gasteiger partial charge in [0, 0.05) is 43.6 Å². The Bertz CT molecular complexity index is 2160. The van der Waals surface area contributed by atoms with E-state index < -0.39 is 34.5 Å². The van der Waals surface area contributed by atoms with Crippen LogP contribution in [0.3, 0.4) is 0 Å². The first-order valence-electron chi connectivity index (χ1n) is 18.3. The van der Waals surface area contributed by atoms with Gasteiger partial charge in [0.2, 0.25) is 0 Å². The Hall–Kier alpha value is -3.89. The number of hydrogen-bond donors (Lipinski definition) is 1. The standard InChI is InChI=1S/C27H16F7N2.C17H32O2.Ir/c1-14-7-15(2)9-19(8-14)23-21-12-18-10-16-5-3-4-6-17(16)11-20(18)22(24(21)36-13-35-23)25(28,26(29,30)31)27(32,33)34;1-10(2)16(11(3)4)14(18)9-15(19)17(12(5)6)13(7)8;/h3-8,10-13H,1-2H3;9-13,16-18H,1-8H3;/q-1;;/b;14-9-;. The number of carbonyl (C=O) groups excluding carboxylic acids is 1. The molecule has 305 valence electrons. The van der Waals surface area contributed by atoms with E-state index in [0.29, 0.717) is 45.6 Å². The maximum Gasteiger partial charge on any atom is 0.436 e. The first-order chi connectivity index (χ1) is 25.4. The molecule has 0 saturated heterocycles. The normalized spacial score (nSPS) is 13.1. The van der Waals surface area contributed by atoms with Crippen LogP contribution in [0.4, 0.5) is 30.7 Å². The van der Waals surface area contributed by atoms with E-state index in [1.807, 2.05) is 0 Å². The predicted molar refractivity (Wildman–Crippen MR) is 205 cm³/mol. The third kappa shape index (κ3) is 9.45. The summed E-state index contributed by atoms with van der Waals surface area (Å²) < 4.78 is 100.0. The predicted octanol–water partition coefficient (Wildman–Crippen LogP) is 13.2. The van der Waals surface area contributed by atoms with Crippen molar-refractivity contribution < 1.29 is 60.7 Å². The summed E-state index contributed by atoms with van der Waals surface area (Å²) in [7, 11) is 0. The first kappa shape index (κ1) is 46.5. The second-order valence-electron chi connectivity index (χ2n) is 15.7. The summed E-state index contributed by atoms with van der Waals surface area (Å²) in [4.78, 5) is 20.3. The summed E-state index contributed by atoms with van der Waals surface area (Å²) in [6.07, 6.45) is -10.3. The number of aromatic nitrogens is 2. The number of aliphatic hydroxyl groups excluding tert-OH is 1. The molecule has 1 N–H and O–H groups in total. The Balaban J connectivity index is 0.000000361. The molecule has 0 aliphatic rings. The van der Waals surface area contributed by atoms with E-state index >= 15 is 4.39 Å². The van der Waals surface area contributed by atoms with Crippen molar-refractivity contribution in [3.05, 3.63) is 95.5 Å². The Morgan fingerprint density at radius 2 is 1.20 bits per heavy atom. The van der Waals surface area contributed by atoms with E-state index in [4.69, 9.17) is 0 Å². The SMILES string of the molecule is CC(C)C(C(=O)/C=C(\O)C(C(C)C)C(C)C)C(C)C.Cc1[c-]c(-c2ncnc3c(C(F)(C(F)(F)F)C(F)(F)F)c4cc5ccccc5cc4cc23)cc(C)c1.[Ir]. The van der Waals surface area contributed by atoms with E-state index in [2.05, 4.69) is 71.4 Å². The molecule has 0 bridgehead atoms. The molecule has 0 fully saturated rings. The van der Waals surface area contributed by atoms with E-state index in [-0.39, 0.29) is 59.9 Å². The molecular formula is C44H48F7IrN2O2-. The van der Waals surface area contributed by atoms with Gasteiger partial charge in [-0.25, -0.2) is 9.37 Å². The number of nitrogens with zero attached hydrogens (tertiary/aromatic N) is 2. The molecule has 0 spiro atoms. The van der Waals surface area contributed by atoms with Gasteiger partial charge in [-0.3, -0.25) is 9.78 Å². The smallest absolute Gasteiger partial charge is 0.436 e. The Kier molecular flexibility index (Phi) is 14.7. The van der Waals surface area contributed by atoms with E-state index in [0.717, 1.165) is 18.0 Å². The third-order valence-electron chi connectivity index (χ3n) is 9.97. The van der Waals surface area contributed by atoms with E-state index in [1.165, 1.54) is 24.3 Å². The fourth-order valence-electron chi connectivity index (χ4n) is 7.86. The summed E-state index contributed by atoms with van der Waals surface area (Å²) in [6, 6.07) is 16.9. The molecule has 0 aliphatic carbocycles. The van der Waals surface area contributed by atoms with Crippen LogP contribution < -0.4 is 0 Å². The van der Waals surface area contributed by atoms with Gasteiger partial charge in [0.25, 0.3) is 0 Å². The minimum absolute atomic E-state index is 0. The first-order valence-corrected chi connectivity index (χ1v) is 18.3. The zero-order valence-electron chi connectivity index (χ0n) is 33.0. The Morgan fingerprint density at radius 1 is 0.696 bits per heavy atom. The number of rotatable bonds is 9. The number of halogens is 7. The second kappa shape index (κ2) is 17.7. The van der Waals surface area contributed by atoms with Crippen LogP contribution in [0.25, 0.3) is 43.7 Å². The average molecular weight is 962 g/mol. The molecule has 0 aliphatic heterocycles. The molecule has 56 heavy (non-hydrogen) atoms. The van der Waals surface area contributed by atoms with Gasteiger partial charge < -0.3 is 5.11 Å². The van der Waals surface area contributed by atoms with Gasteiger partial charge in [-0.2, -0.15) is 26.3 Å². The number of allylic oxidation sites excluding steroid dienone is 2. The van der Waals surface area contributed by atoms with Gasteiger partial charge >= 0.3 is 18.0 Å². The molecule has 5 rings (SSSR count). The van der Waals surface area contributed by atoms with Crippen molar-refractivity contribution in [1.29, 1.82) is 0 Å². The molecule has 1 aromatic heterocycles. The summed E-state index contributed by atoms with van der Waals surface area (Å²) in [5, 5.41) is 10.5. The number of aryl methyl sites for hydroxylation is 2. The van der Waals surface area contributed by atoms with Crippen molar-refractivity contribution in [3.63, 3.8) is 0 Å². The summed E-state index contributed by atoms with van der Waals surface area (Å²) in [5.74, 6) is 1.63. The van der Waals surface area contributed by atoms with Crippen LogP contribution in [-0.4, -0.2) is 33.2 Å².